The van der Waals surface area contributed by atoms with E-state index in [-0.39, 0.29) is 5.75 Å². The smallest absolute Gasteiger partial charge is 0.342 e. The molecule has 0 unspecified atom stereocenters. The monoisotopic (exact) mass is 197 g/mol. The fraction of sp³-hybridized carbons (Fsp3) is 0.500. The number of hydrogen-bond donors (Lipinski definition) is 1. The molecule has 4 heteroatoms. The molecular weight excluding hydrogens is 182 g/mol. The van der Waals surface area contributed by atoms with Crippen molar-refractivity contribution < 1.29 is 9.52 Å². The highest BCUT2D eigenvalue weighted by Gasteiger charge is 2.09. The van der Waals surface area contributed by atoms with Crippen LogP contribution in [0.15, 0.2) is 15.3 Å². The van der Waals surface area contributed by atoms with Crippen LogP contribution in [0.1, 0.15) is 11.3 Å². The first-order valence-corrected chi connectivity index (χ1v) is 4.48. The number of nitrogens with zero attached hydrogens (tertiary/aromatic N) is 1. The van der Waals surface area contributed by atoms with Gasteiger partial charge in [-0.15, -0.1) is 0 Å². The summed E-state index contributed by atoms with van der Waals surface area (Å²) in [4.78, 5) is 13.3. The lowest BCUT2D eigenvalue weighted by molar-refractivity contribution is 0.389. The van der Waals surface area contributed by atoms with E-state index in [9.17, 15) is 9.90 Å². The highest BCUT2D eigenvalue weighted by Crippen LogP contribution is 2.14. The molecule has 0 saturated heterocycles. The molecule has 0 bridgehead atoms. The van der Waals surface area contributed by atoms with Gasteiger partial charge in [0.05, 0.1) is 5.56 Å². The molecule has 0 saturated carbocycles. The first-order valence-electron chi connectivity index (χ1n) is 4.48. The Morgan fingerprint density at radius 1 is 1.50 bits per heavy atom. The summed E-state index contributed by atoms with van der Waals surface area (Å²) in [7, 11) is 3.82. The average Bonchev–Trinajstić information content (AvgIpc) is 2.01. The average molecular weight is 197 g/mol. The maximum atomic E-state index is 11.3. The van der Waals surface area contributed by atoms with Gasteiger partial charge in [-0.05, 0) is 27.4 Å². The Morgan fingerprint density at radius 2 is 2.14 bits per heavy atom. The van der Waals surface area contributed by atoms with Gasteiger partial charge in [-0.1, -0.05) is 0 Å². The fourth-order valence-corrected chi connectivity index (χ4v) is 1.19. The maximum Gasteiger partial charge on any atom is 0.342 e. The van der Waals surface area contributed by atoms with Crippen LogP contribution in [0.2, 0.25) is 0 Å². The van der Waals surface area contributed by atoms with Crippen LogP contribution in [-0.4, -0.2) is 30.6 Å². The second-order valence-corrected chi connectivity index (χ2v) is 3.56. The van der Waals surface area contributed by atoms with Crippen molar-refractivity contribution in [3.05, 3.63) is 27.8 Å². The molecule has 14 heavy (non-hydrogen) atoms. The molecule has 0 spiro atoms. The minimum absolute atomic E-state index is 0.0283. The van der Waals surface area contributed by atoms with E-state index in [0.717, 1.165) is 0 Å². The van der Waals surface area contributed by atoms with Gasteiger partial charge >= 0.3 is 5.63 Å². The Morgan fingerprint density at radius 3 is 2.64 bits per heavy atom. The lowest BCUT2D eigenvalue weighted by Gasteiger charge is -2.09. The zero-order valence-corrected chi connectivity index (χ0v) is 8.70. The predicted molar refractivity (Wildman–Crippen MR) is 53.6 cm³/mol. The quantitative estimate of drug-likeness (QED) is 0.777. The molecule has 0 amide bonds. The number of hydrogen-bond acceptors (Lipinski definition) is 4. The van der Waals surface area contributed by atoms with E-state index in [4.69, 9.17) is 4.42 Å². The van der Waals surface area contributed by atoms with Crippen LogP contribution in [0.5, 0.6) is 5.75 Å². The molecule has 78 valence electrons. The van der Waals surface area contributed by atoms with Gasteiger partial charge in [0.2, 0.25) is 0 Å². The molecule has 0 radical (unpaired) electrons. The van der Waals surface area contributed by atoms with E-state index in [1.54, 1.807) is 6.92 Å². The Balaban J connectivity index is 2.92. The summed E-state index contributed by atoms with van der Waals surface area (Å²) in [5, 5.41) is 9.51. The lowest BCUT2D eigenvalue weighted by Crippen LogP contribution is -2.19. The van der Waals surface area contributed by atoms with Crippen LogP contribution >= 0.6 is 0 Å². The molecule has 1 aromatic rings. The Bertz CT molecular complexity index is 368. The third kappa shape index (κ3) is 2.60. The van der Waals surface area contributed by atoms with Crippen LogP contribution in [0, 0.1) is 6.92 Å². The van der Waals surface area contributed by atoms with E-state index in [1.165, 1.54) is 6.07 Å². The molecule has 1 N–H and O–H groups in total. The van der Waals surface area contributed by atoms with Crippen molar-refractivity contribution in [2.24, 2.45) is 0 Å². The van der Waals surface area contributed by atoms with Crippen molar-refractivity contribution in [1.29, 1.82) is 0 Å². The van der Waals surface area contributed by atoms with E-state index >= 15 is 0 Å². The van der Waals surface area contributed by atoms with Crippen LogP contribution in [0.25, 0.3) is 0 Å². The first-order chi connectivity index (χ1) is 6.50. The maximum absolute atomic E-state index is 11.3. The van der Waals surface area contributed by atoms with Gasteiger partial charge in [0.25, 0.3) is 0 Å². The number of aromatic hydroxyl groups is 1. The zero-order chi connectivity index (χ0) is 10.7. The molecule has 0 aliphatic heterocycles. The van der Waals surface area contributed by atoms with Gasteiger partial charge < -0.3 is 14.4 Å². The Labute approximate surface area is 82.8 Å². The number of rotatable bonds is 3. The lowest BCUT2D eigenvalue weighted by atomic mass is 10.2. The van der Waals surface area contributed by atoms with Gasteiger partial charge in [0.1, 0.15) is 11.5 Å². The van der Waals surface area contributed by atoms with E-state index in [2.05, 4.69) is 0 Å². The fourth-order valence-electron chi connectivity index (χ4n) is 1.19. The van der Waals surface area contributed by atoms with Crippen LogP contribution in [0.4, 0.5) is 0 Å². The topological polar surface area (TPSA) is 53.7 Å². The van der Waals surface area contributed by atoms with E-state index in [0.29, 0.717) is 24.3 Å². The van der Waals surface area contributed by atoms with Gasteiger partial charge in [-0.2, -0.15) is 0 Å². The molecule has 0 aromatic carbocycles. The Hall–Kier alpha value is -1.29. The third-order valence-electron chi connectivity index (χ3n) is 1.96. The predicted octanol–water partition coefficient (Wildman–Crippen LogP) is 0.758. The molecule has 4 nitrogen and oxygen atoms in total. The van der Waals surface area contributed by atoms with Crippen LogP contribution in [0.3, 0.4) is 0 Å². The van der Waals surface area contributed by atoms with Gasteiger partial charge in [0.15, 0.2) is 0 Å². The minimum Gasteiger partial charge on any atom is -0.507 e. The van der Waals surface area contributed by atoms with Gasteiger partial charge in [-0.3, -0.25) is 0 Å². The summed E-state index contributed by atoms with van der Waals surface area (Å²) >= 11 is 0. The molecule has 1 heterocycles. The third-order valence-corrected chi connectivity index (χ3v) is 1.96. The van der Waals surface area contributed by atoms with Crippen molar-refractivity contribution in [2.45, 2.75) is 13.3 Å². The second kappa shape index (κ2) is 4.28. The molecular formula is C10H15NO3. The number of likely N-dealkylation sites (N-methyl/N-ethyl adjacent to an activating group) is 1. The number of aryl methyl sites for hydroxylation is 1. The van der Waals surface area contributed by atoms with Crippen LogP contribution < -0.4 is 5.63 Å². The van der Waals surface area contributed by atoms with Crippen molar-refractivity contribution in [2.75, 3.05) is 20.6 Å². The zero-order valence-electron chi connectivity index (χ0n) is 8.70. The van der Waals surface area contributed by atoms with E-state index < -0.39 is 5.63 Å². The SMILES string of the molecule is Cc1cc(O)c(CCN(C)C)c(=O)o1. The molecule has 0 aliphatic rings. The molecule has 1 aromatic heterocycles. The molecule has 0 fully saturated rings. The first kappa shape index (κ1) is 10.8. The Kier molecular flexibility index (Phi) is 3.30. The summed E-state index contributed by atoms with van der Waals surface area (Å²) in [5.74, 6) is 0.460. The van der Waals surface area contributed by atoms with Crippen molar-refractivity contribution in [3.8, 4) is 5.75 Å². The molecule has 0 aliphatic carbocycles. The van der Waals surface area contributed by atoms with Crippen molar-refractivity contribution in [3.63, 3.8) is 0 Å². The summed E-state index contributed by atoms with van der Waals surface area (Å²) in [6, 6.07) is 1.46. The van der Waals surface area contributed by atoms with Crippen LogP contribution in [-0.2, 0) is 6.42 Å². The molecule has 0 atom stereocenters. The summed E-state index contributed by atoms with van der Waals surface area (Å²) < 4.78 is 4.89. The highest BCUT2D eigenvalue weighted by molar-refractivity contribution is 5.29. The van der Waals surface area contributed by atoms with E-state index in [1.807, 2.05) is 19.0 Å². The van der Waals surface area contributed by atoms with Crippen molar-refractivity contribution in [1.82, 2.24) is 4.90 Å². The normalized spacial score (nSPS) is 10.9. The second-order valence-electron chi connectivity index (χ2n) is 3.56. The van der Waals surface area contributed by atoms with Crippen molar-refractivity contribution >= 4 is 0 Å². The van der Waals surface area contributed by atoms with Gasteiger partial charge in [-0.25, -0.2) is 4.79 Å². The summed E-state index contributed by atoms with van der Waals surface area (Å²) in [6.45, 7) is 2.35. The standard InChI is InChI=1S/C10H15NO3/c1-7-6-9(12)8(10(13)14-7)4-5-11(2)3/h6,12H,4-5H2,1-3H3. The van der Waals surface area contributed by atoms with Gasteiger partial charge in [0, 0.05) is 12.6 Å². The molecule has 1 rings (SSSR count). The largest absolute Gasteiger partial charge is 0.507 e. The minimum atomic E-state index is -0.440. The summed E-state index contributed by atoms with van der Waals surface area (Å²) in [5.41, 5.74) is -0.0892. The summed E-state index contributed by atoms with van der Waals surface area (Å²) in [6.07, 6.45) is 0.501. The highest BCUT2D eigenvalue weighted by atomic mass is 16.4.